The van der Waals surface area contributed by atoms with Gasteiger partial charge in [0.2, 0.25) is 5.91 Å². The highest BCUT2D eigenvalue weighted by Gasteiger charge is 2.60. The molecule has 4 heterocycles. The molecule has 10 heteroatoms. The van der Waals surface area contributed by atoms with Gasteiger partial charge >= 0.3 is 5.97 Å². The van der Waals surface area contributed by atoms with Gasteiger partial charge in [0, 0.05) is 17.7 Å². The van der Waals surface area contributed by atoms with Crippen molar-refractivity contribution in [1.29, 1.82) is 0 Å². The maximum atomic E-state index is 12.4. The Morgan fingerprint density at radius 2 is 2.26 bits per heavy atom. The lowest BCUT2D eigenvalue weighted by Crippen LogP contribution is -2.63. The number of carbonyl (C=O) groups excluding carboxylic acids is 1. The maximum absolute atomic E-state index is 12.4. The summed E-state index contributed by atoms with van der Waals surface area (Å²) in [5.74, 6) is -2.27. The first-order valence-electron chi connectivity index (χ1n) is 8.38. The summed E-state index contributed by atoms with van der Waals surface area (Å²) < 4.78 is 1.79. The Morgan fingerprint density at radius 3 is 2.89 bits per heavy atom. The number of carboxylic acids is 1. The highest BCUT2D eigenvalue weighted by atomic mass is 32.1. The number of amides is 1. The first-order valence-corrected chi connectivity index (χ1v) is 9.20. The van der Waals surface area contributed by atoms with Crippen LogP contribution in [0, 0.1) is 11.8 Å². The normalized spacial score (nSPS) is 26.0. The largest absolute Gasteiger partial charge is 0.477 e. The Bertz CT molecular complexity index is 1000. The zero-order valence-corrected chi connectivity index (χ0v) is 15.7. The number of thiazole rings is 1. The standard InChI is InChI=1S/C17H18N4O5S/c1-7-11(10-5-20-6-18-9(4-19-26-3)16(20)27-10)14(17(24)25)21-13(7)12(8(2)22)15(21)23/h4-8,12-13,22H,1-3H3,(H,24,25)/t7-,8+,12+,13-/m0/s1. The van der Waals surface area contributed by atoms with Gasteiger partial charge in [-0.25, -0.2) is 9.78 Å². The molecule has 2 aliphatic heterocycles. The van der Waals surface area contributed by atoms with E-state index in [2.05, 4.69) is 15.0 Å². The van der Waals surface area contributed by atoms with Crippen molar-refractivity contribution < 1.29 is 24.6 Å². The monoisotopic (exact) mass is 390 g/mol. The third kappa shape index (κ3) is 2.40. The zero-order valence-electron chi connectivity index (χ0n) is 14.9. The molecule has 27 heavy (non-hydrogen) atoms. The molecule has 2 N–H and O–H groups in total. The molecule has 0 aliphatic carbocycles. The SMILES string of the molecule is CON=Cc1ncn2cc(C3=C(C(=O)O)N4C(=O)[C@H]([C@@H](C)O)[C@@H]4[C@H]3C)sc12. The fraction of sp³-hybridized carbons (Fsp3) is 0.412. The smallest absolute Gasteiger partial charge is 0.352 e. The van der Waals surface area contributed by atoms with Crippen LogP contribution in [0.2, 0.25) is 0 Å². The number of carbonyl (C=O) groups is 2. The lowest BCUT2D eigenvalue weighted by molar-refractivity contribution is -0.163. The molecule has 0 radical (unpaired) electrons. The highest BCUT2D eigenvalue weighted by Crippen LogP contribution is 2.51. The van der Waals surface area contributed by atoms with E-state index in [-0.39, 0.29) is 23.6 Å². The third-order valence-electron chi connectivity index (χ3n) is 5.16. The summed E-state index contributed by atoms with van der Waals surface area (Å²) in [7, 11) is 1.44. The molecule has 0 saturated carbocycles. The topological polar surface area (TPSA) is 117 Å². The fourth-order valence-corrected chi connectivity index (χ4v) is 5.21. The molecule has 0 spiro atoms. The van der Waals surface area contributed by atoms with Crippen LogP contribution in [0.5, 0.6) is 0 Å². The van der Waals surface area contributed by atoms with Gasteiger partial charge in [0.25, 0.3) is 0 Å². The van der Waals surface area contributed by atoms with Crippen LogP contribution in [0.1, 0.15) is 24.4 Å². The van der Waals surface area contributed by atoms with Crippen molar-refractivity contribution in [2.75, 3.05) is 7.11 Å². The molecule has 1 amide bonds. The van der Waals surface area contributed by atoms with E-state index >= 15 is 0 Å². The molecule has 2 aliphatic rings. The number of aliphatic carboxylic acids is 1. The molecular weight excluding hydrogens is 372 g/mol. The van der Waals surface area contributed by atoms with Crippen LogP contribution in [0.3, 0.4) is 0 Å². The molecule has 1 saturated heterocycles. The minimum Gasteiger partial charge on any atom is -0.477 e. The Labute approximate surface area is 158 Å². The van der Waals surface area contributed by atoms with Gasteiger partial charge in [-0.15, -0.1) is 11.3 Å². The number of imidazole rings is 1. The molecule has 142 valence electrons. The summed E-state index contributed by atoms with van der Waals surface area (Å²) in [5, 5.41) is 23.4. The quantitative estimate of drug-likeness (QED) is 0.447. The number of aromatic nitrogens is 2. The molecule has 0 unspecified atom stereocenters. The molecule has 4 rings (SSSR count). The predicted octanol–water partition coefficient (Wildman–Crippen LogP) is 1.03. The number of rotatable bonds is 5. The van der Waals surface area contributed by atoms with Crippen molar-refractivity contribution in [3.63, 3.8) is 0 Å². The van der Waals surface area contributed by atoms with Gasteiger partial charge in [-0.1, -0.05) is 12.1 Å². The number of nitrogens with zero attached hydrogens (tertiary/aromatic N) is 4. The van der Waals surface area contributed by atoms with Gasteiger partial charge in [0.05, 0.1) is 29.2 Å². The Hall–Kier alpha value is -2.72. The van der Waals surface area contributed by atoms with Gasteiger partial charge < -0.3 is 20.0 Å². The number of fused-ring (bicyclic) bond motifs is 2. The predicted molar refractivity (Wildman–Crippen MR) is 97.2 cm³/mol. The molecule has 1 fully saturated rings. The first-order chi connectivity index (χ1) is 12.9. The average Bonchev–Trinajstić information content (AvgIpc) is 3.23. The summed E-state index contributed by atoms with van der Waals surface area (Å²) in [6.45, 7) is 3.46. The van der Waals surface area contributed by atoms with Crippen molar-refractivity contribution in [3.05, 3.63) is 28.8 Å². The fourth-order valence-electron chi connectivity index (χ4n) is 4.03. The van der Waals surface area contributed by atoms with Gasteiger partial charge in [0.1, 0.15) is 29.7 Å². The number of β-lactam (4-membered cyclic amide) rings is 1. The first kappa shape index (κ1) is 17.7. The van der Waals surface area contributed by atoms with Gasteiger partial charge in [-0.05, 0) is 6.92 Å². The molecule has 2 aromatic heterocycles. The van der Waals surface area contributed by atoms with Crippen LogP contribution in [0.15, 0.2) is 23.4 Å². The number of hydrogen-bond acceptors (Lipinski definition) is 7. The highest BCUT2D eigenvalue weighted by molar-refractivity contribution is 7.18. The van der Waals surface area contributed by atoms with Crippen LogP contribution in [0.4, 0.5) is 0 Å². The van der Waals surface area contributed by atoms with Crippen LogP contribution >= 0.6 is 11.3 Å². The van der Waals surface area contributed by atoms with Crippen LogP contribution in [-0.2, 0) is 14.4 Å². The molecule has 4 atom stereocenters. The summed E-state index contributed by atoms with van der Waals surface area (Å²) in [6.07, 6.45) is 4.08. The van der Waals surface area contributed by atoms with Crippen LogP contribution < -0.4 is 0 Å². The second kappa shape index (κ2) is 6.17. The number of aliphatic hydroxyl groups excluding tert-OH is 1. The maximum Gasteiger partial charge on any atom is 0.352 e. The van der Waals surface area contributed by atoms with E-state index < -0.39 is 18.0 Å². The van der Waals surface area contributed by atoms with Gasteiger partial charge in [-0.2, -0.15) is 0 Å². The summed E-state index contributed by atoms with van der Waals surface area (Å²) in [4.78, 5) is 36.2. The van der Waals surface area contributed by atoms with E-state index in [9.17, 15) is 19.8 Å². The third-order valence-corrected chi connectivity index (χ3v) is 6.32. The zero-order chi connectivity index (χ0) is 19.5. The van der Waals surface area contributed by atoms with Crippen molar-refractivity contribution in [3.8, 4) is 0 Å². The summed E-state index contributed by atoms with van der Waals surface area (Å²) in [5.41, 5.74) is 1.21. The minimum atomic E-state index is -1.14. The van der Waals surface area contributed by atoms with Crippen molar-refractivity contribution >= 4 is 39.8 Å². The lowest BCUT2D eigenvalue weighted by Gasteiger charge is -2.46. The van der Waals surface area contributed by atoms with E-state index in [0.29, 0.717) is 11.3 Å². The summed E-state index contributed by atoms with van der Waals surface area (Å²) >= 11 is 1.38. The second-order valence-electron chi connectivity index (χ2n) is 6.68. The van der Waals surface area contributed by atoms with Crippen LogP contribution in [-0.4, -0.2) is 61.8 Å². The summed E-state index contributed by atoms with van der Waals surface area (Å²) in [6, 6.07) is -0.340. The molecule has 2 aromatic rings. The Balaban J connectivity index is 1.82. The van der Waals surface area contributed by atoms with E-state index in [1.807, 2.05) is 6.92 Å². The van der Waals surface area contributed by atoms with Gasteiger partial charge in [0.15, 0.2) is 0 Å². The molecule has 0 aromatic carbocycles. The average molecular weight is 390 g/mol. The molecule has 0 bridgehead atoms. The van der Waals surface area contributed by atoms with Crippen molar-refractivity contribution in [2.45, 2.75) is 26.0 Å². The number of carboxylic acid groups (broad SMARTS) is 1. The number of aliphatic hydroxyl groups is 1. The number of hydrogen-bond donors (Lipinski definition) is 2. The van der Waals surface area contributed by atoms with E-state index in [0.717, 1.165) is 9.71 Å². The van der Waals surface area contributed by atoms with Gasteiger partial charge in [-0.3, -0.25) is 9.20 Å². The molecular formula is C17H18N4O5S. The van der Waals surface area contributed by atoms with Crippen LogP contribution in [0.25, 0.3) is 10.4 Å². The second-order valence-corrected chi connectivity index (χ2v) is 7.71. The lowest BCUT2D eigenvalue weighted by atomic mass is 9.77. The van der Waals surface area contributed by atoms with E-state index in [4.69, 9.17) is 0 Å². The van der Waals surface area contributed by atoms with Crippen molar-refractivity contribution in [1.82, 2.24) is 14.3 Å². The number of oxime groups is 1. The Kier molecular flexibility index (Phi) is 4.04. The van der Waals surface area contributed by atoms with E-state index in [1.165, 1.54) is 29.6 Å². The van der Waals surface area contributed by atoms with E-state index in [1.54, 1.807) is 23.8 Å². The molecule has 9 nitrogen and oxygen atoms in total. The Morgan fingerprint density at radius 1 is 1.52 bits per heavy atom. The van der Waals surface area contributed by atoms with Crippen molar-refractivity contribution in [2.24, 2.45) is 17.0 Å². The minimum absolute atomic E-state index is 0.000953.